The van der Waals surface area contributed by atoms with Crippen LogP contribution in [0.1, 0.15) is 23.7 Å². The zero-order valence-corrected chi connectivity index (χ0v) is 13.0. The van der Waals surface area contributed by atoms with Gasteiger partial charge in [0.25, 0.3) is 0 Å². The van der Waals surface area contributed by atoms with Crippen LogP contribution < -0.4 is 0 Å². The van der Waals surface area contributed by atoms with Gasteiger partial charge in [0.2, 0.25) is 0 Å². The SMILES string of the molecule is O=C(O)C(Cc1ccc(Br)cc1)CC(O)c1ccccc1. The van der Waals surface area contributed by atoms with Gasteiger partial charge < -0.3 is 10.2 Å². The summed E-state index contributed by atoms with van der Waals surface area (Å²) in [4.78, 5) is 11.4. The second kappa shape index (κ2) is 7.38. The van der Waals surface area contributed by atoms with Crippen molar-refractivity contribution in [3.63, 3.8) is 0 Å². The van der Waals surface area contributed by atoms with Gasteiger partial charge in [-0.2, -0.15) is 0 Å². The average Bonchev–Trinajstić information content (AvgIpc) is 2.49. The van der Waals surface area contributed by atoms with E-state index in [1.807, 2.05) is 54.6 Å². The summed E-state index contributed by atoms with van der Waals surface area (Å²) in [6.45, 7) is 0. The fraction of sp³-hybridized carbons (Fsp3) is 0.235. The van der Waals surface area contributed by atoms with Gasteiger partial charge in [-0.15, -0.1) is 0 Å². The van der Waals surface area contributed by atoms with Crippen molar-refractivity contribution in [2.24, 2.45) is 5.92 Å². The fourth-order valence-electron chi connectivity index (χ4n) is 2.26. The number of carbonyl (C=O) groups is 1. The molecule has 2 unspecified atom stereocenters. The van der Waals surface area contributed by atoms with Crippen molar-refractivity contribution < 1.29 is 15.0 Å². The average molecular weight is 349 g/mol. The first-order chi connectivity index (χ1) is 10.1. The van der Waals surface area contributed by atoms with Crippen LogP contribution in [0.25, 0.3) is 0 Å². The van der Waals surface area contributed by atoms with Gasteiger partial charge in [0, 0.05) is 4.47 Å². The first kappa shape index (κ1) is 15.7. The molecule has 2 aromatic carbocycles. The van der Waals surface area contributed by atoms with Crippen LogP contribution in [0, 0.1) is 5.92 Å². The molecule has 0 heterocycles. The maximum atomic E-state index is 11.4. The van der Waals surface area contributed by atoms with Crippen molar-refractivity contribution in [1.82, 2.24) is 0 Å². The molecule has 0 aromatic heterocycles. The summed E-state index contributed by atoms with van der Waals surface area (Å²) >= 11 is 3.36. The van der Waals surface area contributed by atoms with Crippen LogP contribution in [-0.4, -0.2) is 16.2 Å². The Labute approximate surface area is 132 Å². The summed E-state index contributed by atoms with van der Waals surface area (Å²) in [6, 6.07) is 16.7. The Hall–Kier alpha value is -1.65. The van der Waals surface area contributed by atoms with Gasteiger partial charge in [-0.1, -0.05) is 58.4 Å². The lowest BCUT2D eigenvalue weighted by atomic mass is 9.91. The number of carboxylic acids is 1. The minimum Gasteiger partial charge on any atom is -0.481 e. The highest BCUT2D eigenvalue weighted by atomic mass is 79.9. The molecule has 2 aromatic rings. The molecule has 0 bridgehead atoms. The number of hydrogen-bond acceptors (Lipinski definition) is 2. The van der Waals surface area contributed by atoms with E-state index in [1.54, 1.807) is 0 Å². The molecule has 2 rings (SSSR count). The van der Waals surface area contributed by atoms with E-state index in [1.165, 1.54) is 0 Å². The van der Waals surface area contributed by atoms with Crippen molar-refractivity contribution >= 4 is 21.9 Å². The molecule has 0 radical (unpaired) electrons. The number of halogens is 1. The molecule has 0 saturated heterocycles. The van der Waals surface area contributed by atoms with Gasteiger partial charge in [-0.25, -0.2) is 0 Å². The molecule has 0 aliphatic rings. The summed E-state index contributed by atoms with van der Waals surface area (Å²) in [6.07, 6.45) is -0.148. The highest BCUT2D eigenvalue weighted by Gasteiger charge is 2.22. The first-order valence-corrected chi connectivity index (χ1v) is 7.56. The van der Waals surface area contributed by atoms with Gasteiger partial charge in [0.1, 0.15) is 0 Å². The highest BCUT2D eigenvalue weighted by Crippen LogP contribution is 2.24. The zero-order valence-electron chi connectivity index (χ0n) is 11.4. The van der Waals surface area contributed by atoms with E-state index in [2.05, 4.69) is 15.9 Å². The lowest BCUT2D eigenvalue weighted by Gasteiger charge is -2.17. The summed E-state index contributed by atoms with van der Waals surface area (Å²) in [5, 5.41) is 19.6. The summed E-state index contributed by atoms with van der Waals surface area (Å²) in [5.74, 6) is -1.49. The predicted molar refractivity (Wildman–Crippen MR) is 85.0 cm³/mol. The number of carboxylic acid groups (broad SMARTS) is 1. The van der Waals surface area contributed by atoms with E-state index in [4.69, 9.17) is 0 Å². The maximum absolute atomic E-state index is 11.4. The van der Waals surface area contributed by atoms with E-state index in [9.17, 15) is 15.0 Å². The van der Waals surface area contributed by atoms with Crippen molar-refractivity contribution in [2.45, 2.75) is 18.9 Å². The monoisotopic (exact) mass is 348 g/mol. The van der Waals surface area contributed by atoms with Gasteiger partial charge >= 0.3 is 5.97 Å². The Bertz CT molecular complexity index is 581. The van der Waals surface area contributed by atoms with Crippen LogP contribution in [0.3, 0.4) is 0 Å². The van der Waals surface area contributed by atoms with E-state index in [0.29, 0.717) is 6.42 Å². The van der Waals surface area contributed by atoms with Crippen LogP contribution in [0.15, 0.2) is 59.1 Å². The van der Waals surface area contributed by atoms with Crippen LogP contribution in [-0.2, 0) is 11.2 Å². The fourth-order valence-corrected chi connectivity index (χ4v) is 2.52. The number of aliphatic hydroxyl groups excluding tert-OH is 1. The molecule has 0 aliphatic heterocycles. The Morgan fingerprint density at radius 2 is 1.67 bits per heavy atom. The van der Waals surface area contributed by atoms with E-state index in [0.717, 1.165) is 15.6 Å². The Morgan fingerprint density at radius 3 is 2.24 bits per heavy atom. The van der Waals surface area contributed by atoms with E-state index in [-0.39, 0.29) is 6.42 Å². The molecule has 0 fully saturated rings. The normalized spacial score (nSPS) is 13.6. The molecule has 110 valence electrons. The highest BCUT2D eigenvalue weighted by molar-refractivity contribution is 9.10. The van der Waals surface area contributed by atoms with Crippen molar-refractivity contribution in [2.75, 3.05) is 0 Å². The number of aliphatic hydroxyl groups is 1. The van der Waals surface area contributed by atoms with Crippen LogP contribution in [0.2, 0.25) is 0 Å². The molecule has 0 saturated carbocycles. The second-order valence-corrected chi connectivity index (χ2v) is 5.94. The Kier molecular flexibility index (Phi) is 5.53. The standard InChI is InChI=1S/C17H17BrO3/c18-15-8-6-12(7-9-15)10-14(17(20)21)11-16(19)13-4-2-1-3-5-13/h1-9,14,16,19H,10-11H2,(H,20,21). The van der Waals surface area contributed by atoms with Crippen molar-refractivity contribution in [3.05, 3.63) is 70.2 Å². The van der Waals surface area contributed by atoms with Crippen LogP contribution in [0.4, 0.5) is 0 Å². The van der Waals surface area contributed by atoms with E-state index < -0.39 is 18.0 Å². The molecule has 21 heavy (non-hydrogen) atoms. The number of rotatable bonds is 6. The molecular formula is C17H17BrO3. The summed E-state index contributed by atoms with van der Waals surface area (Å²) in [5.41, 5.74) is 1.70. The number of hydrogen-bond donors (Lipinski definition) is 2. The van der Waals surface area contributed by atoms with Crippen molar-refractivity contribution in [1.29, 1.82) is 0 Å². The van der Waals surface area contributed by atoms with Gasteiger partial charge in [-0.05, 0) is 36.1 Å². The first-order valence-electron chi connectivity index (χ1n) is 6.76. The predicted octanol–water partition coefficient (Wildman–Crippen LogP) is 3.82. The topological polar surface area (TPSA) is 57.5 Å². The quantitative estimate of drug-likeness (QED) is 0.834. The zero-order chi connectivity index (χ0) is 15.2. The minimum absolute atomic E-state index is 0.204. The molecule has 4 heteroatoms. The summed E-state index contributed by atoms with van der Waals surface area (Å²) in [7, 11) is 0. The molecule has 2 atom stereocenters. The third-order valence-electron chi connectivity index (χ3n) is 3.44. The van der Waals surface area contributed by atoms with Gasteiger partial charge in [0.15, 0.2) is 0 Å². The van der Waals surface area contributed by atoms with Crippen LogP contribution >= 0.6 is 15.9 Å². The Balaban J connectivity index is 2.05. The molecular weight excluding hydrogens is 332 g/mol. The van der Waals surface area contributed by atoms with Gasteiger partial charge in [-0.3, -0.25) is 4.79 Å². The molecule has 0 amide bonds. The summed E-state index contributed by atoms with van der Waals surface area (Å²) < 4.78 is 0.961. The lowest BCUT2D eigenvalue weighted by Crippen LogP contribution is -2.19. The number of aliphatic carboxylic acids is 1. The Morgan fingerprint density at radius 1 is 1.05 bits per heavy atom. The lowest BCUT2D eigenvalue weighted by molar-refractivity contribution is -0.142. The van der Waals surface area contributed by atoms with Crippen LogP contribution in [0.5, 0.6) is 0 Å². The van der Waals surface area contributed by atoms with Gasteiger partial charge in [0.05, 0.1) is 12.0 Å². The third kappa shape index (κ3) is 4.69. The van der Waals surface area contributed by atoms with Crippen molar-refractivity contribution in [3.8, 4) is 0 Å². The smallest absolute Gasteiger partial charge is 0.306 e. The minimum atomic E-state index is -0.882. The largest absolute Gasteiger partial charge is 0.481 e. The second-order valence-electron chi connectivity index (χ2n) is 5.03. The molecule has 2 N–H and O–H groups in total. The molecule has 3 nitrogen and oxygen atoms in total. The van der Waals surface area contributed by atoms with E-state index >= 15 is 0 Å². The molecule has 0 aliphatic carbocycles. The maximum Gasteiger partial charge on any atom is 0.306 e. The third-order valence-corrected chi connectivity index (χ3v) is 3.97. The number of benzene rings is 2. The molecule has 0 spiro atoms.